The van der Waals surface area contributed by atoms with Crippen LogP contribution in [-0.4, -0.2) is 48.7 Å². The molecule has 1 aliphatic heterocycles. The SMILES string of the molecule is COCC1(C(=O)O)CCCN(C(=O)c2ccc(C)o2)C1. The second-order valence-electron chi connectivity index (χ2n) is 5.26. The van der Waals surface area contributed by atoms with Crippen LogP contribution in [0.4, 0.5) is 0 Å². The Bertz CT molecular complexity index is 505. The van der Waals surface area contributed by atoms with Gasteiger partial charge in [0.2, 0.25) is 0 Å². The molecule has 0 saturated carbocycles. The summed E-state index contributed by atoms with van der Waals surface area (Å²) in [5.41, 5.74) is -1.02. The summed E-state index contributed by atoms with van der Waals surface area (Å²) in [5.74, 6) is -0.278. The highest BCUT2D eigenvalue weighted by Crippen LogP contribution is 2.31. The van der Waals surface area contributed by atoms with Crippen molar-refractivity contribution in [3.05, 3.63) is 23.7 Å². The van der Waals surface area contributed by atoms with Crippen LogP contribution in [0.1, 0.15) is 29.2 Å². The molecule has 6 heteroatoms. The third-order valence-electron chi connectivity index (χ3n) is 3.69. The van der Waals surface area contributed by atoms with Crippen molar-refractivity contribution in [3.63, 3.8) is 0 Å². The van der Waals surface area contributed by atoms with Crippen LogP contribution in [0.3, 0.4) is 0 Å². The number of ether oxygens (including phenoxy) is 1. The first-order chi connectivity index (χ1) is 9.48. The average molecular weight is 281 g/mol. The number of rotatable bonds is 4. The van der Waals surface area contributed by atoms with Gasteiger partial charge in [0.15, 0.2) is 5.76 Å². The summed E-state index contributed by atoms with van der Waals surface area (Å²) in [4.78, 5) is 25.4. The molecule has 1 fully saturated rings. The second-order valence-corrected chi connectivity index (χ2v) is 5.26. The first-order valence-electron chi connectivity index (χ1n) is 6.56. The number of carboxylic acids is 1. The van der Waals surface area contributed by atoms with Crippen molar-refractivity contribution in [2.75, 3.05) is 26.8 Å². The van der Waals surface area contributed by atoms with Gasteiger partial charge < -0.3 is 19.2 Å². The van der Waals surface area contributed by atoms with Crippen molar-refractivity contribution >= 4 is 11.9 Å². The highest BCUT2D eigenvalue weighted by atomic mass is 16.5. The van der Waals surface area contributed by atoms with E-state index >= 15 is 0 Å². The number of amides is 1. The number of hydrogen-bond donors (Lipinski definition) is 1. The van der Waals surface area contributed by atoms with E-state index in [4.69, 9.17) is 9.15 Å². The van der Waals surface area contributed by atoms with Gasteiger partial charge >= 0.3 is 5.97 Å². The van der Waals surface area contributed by atoms with Gasteiger partial charge in [0.05, 0.1) is 6.61 Å². The van der Waals surface area contributed by atoms with Crippen LogP contribution in [0.5, 0.6) is 0 Å². The van der Waals surface area contributed by atoms with E-state index in [2.05, 4.69) is 0 Å². The van der Waals surface area contributed by atoms with Crippen molar-refractivity contribution in [2.45, 2.75) is 19.8 Å². The zero-order valence-corrected chi connectivity index (χ0v) is 11.7. The van der Waals surface area contributed by atoms with Crippen LogP contribution in [-0.2, 0) is 9.53 Å². The first-order valence-corrected chi connectivity index (χ1v) is 6.56. The Morgan fingerprint density at radius 3 is 2.80 bits per heavy atom. The lowest BCUT2D eigenvalue weighted by atomic mass is 9.80. The van der Waals surface area contributed by atoms with E-state index in [1.807, 2.05) is 0 Å². The van der Waals surface area contributed by atoms with Gasteiger partial charge in [0.25, 0.3) is 5.91 Å². The van der Waals surface area contributed by atoms with Crippen LogP contribution >= 0.6 is 0 Å². The second kappa shape index (κ2) is 5.66. The molecule has 1 atom stereocenters. The minimum atomic E-state index is -1.02. The zero-order valence-electron chi connectivity index (χ0n) is 11.7. The summed E-state index contributed by atoms with van der Waals surface area (Å²) in [7, 11) is 1.47. The fourth-order valence-electron chi connectivity index (χ4n) is 2.64. The molecule has 0 spiro atoms. The van der Waals surface area contributed by atoms with E-state index < -0.39 is 11.4 Å². The molecule has 1 aromatic heterocycles. The molecule has 6 nitrogen and oxygen atoms in total. The fourth-order valence-corrected chi connectivity index (χ4v) is 2.64. The number of carbonyl (C=O) groups excluding carboxylic acids is 1. The number of hydrogen-bond acceptors (Lipinski definition) is 4. The van der Waals surface area contributed by atoms with Crippen molar-refractivity contribution in [1.29, 1.82) is 0 Å². The number of furan rings is 1. The Kier molecular flexibility index (Phi) is 4.13. The minimum Gasteiger partial charge on any atom is -0.481 e. The maximum absolute atomic E-state index is 12.3. The lowest BCUT2D eigenvalue weighted by Gasteiger charge is -2.39. The van der Waals surface area contributed by atoms with Gasteiger partial charge in [0.1, 0.15) is 11.2 Å². The van der Waals surface area contributed by atoms with E-state index in [-0.39, 0.29) is 24.8 Å². The summed E-state index contributed by atoms with van der Waals surface area (Å²) in [6.07, 6.45) is 1.15. The lowest BCUT2D eigenvalue weighted by molar-refractivity contribution is -0.155. The normalized spacial score (nSPS) is 22.8. The first kappa shape index (κ1) is 14.6. The average Bonchev–Trinajstić information content (AvgIpc) is 2.85. The molecule has 0 aromatic carbocycles. The molecule has 2 rings (SSSR count). The van der Waals surface area contributed by atoms with Crippen LogP contribution in [0.15, 0.2) is 16.5 Å². The number of likely N-dealkylation sites (tertiary alicyclic amines) is 1. The van der Waals surface area contributed by atoms with Crippen molar-refractivity contribution in [3.8, 4) is 0 Å². The van der Waals surface area contributed by atoms with Crippen LogP contribution in [0.2, 0.25) is 0 Å². The van der Waals surface area contributed by atoms with Crippen LogP contribution < -0.4 is 0 Å². The number of aliphatic carboxylic acids is 1. The van der Waals surface area contributed by atoms with Gasteiger partial charge in [-0.25, -0.2) is 0 Å². The van der Waals surface area contributed by atoms with Gasteiger partial charge in [-0.1, -0.05) is 0 Å². The number of methoxy groups -OCH3 is 1. The summed E-state index contributed by atoms with van der Waals surface area (Å²) < 4.78 is 10.4. The Hall–Kier alpha value is -1.82. The number of carbonyl (C=O) groups is 2. The van der Waals surface area contributed by atoms with E-state index in [1.165, 1.54) is 12.0 Å². The predicted octanol–water partition coefficient (Wildman–Crippen LogP) is 1.54. The van der Waals surface area contributed by atoms with E-state index in [1.54, 1.807) is 19.1 Å². The van der Waals surface area contributed by atoms with Gasteiger partial charge in [0, 0.05) is 20.2 Å². The molecule has 1 saturated heterocycles. The Morgan fingerprint density at radius 2 is 2.25 bits per heavy atom. The maximum Gasteiger partial charge on any atom is 0.313 e. The van der Waals surface area contributed by atoms with E-state index in [9.17, 15) is 14.7 Å². The standard InChI is InChI=1S/C14H19NO5/c1-10-4-5-11(20-10)12(16)15-7-3-6-14(8-15,9-19-2)13(17)18/h4-5H,3,6-9H2,1-2H3,(H,17,18). The highest BCUT2D eigenvalue weighted by Gasteiger charge is 2.44. The molecule has 110 valence electrons. The molecule has 1 unspecified atom stereocenters. The maximum atomic E-state index is 12.3. The summed E-state index contributed by atoms with van der Waals surface area (Å²) in [6.45, 7) is 2.55. The van der Waals surface area contributed by atoms with Crippen molar-refractivity contribution < 1.29 is 23.8 Å². The number of carboxylic acid groups (broad SMARTS) is 1. The van der Waals surface area contributed by atoms with Crippen molar-refractivity contribution in [1.82, 2.24) is 4.90 Å². The Morgan fingerprint density at radius 1 is 1.50 bits per heavy atom. The minimum absolute atomic E-state index is 0.100. The summed E-state index contributed by atoms with van der Waals surface area (Å²) in [5, 5.41) is 9.45. The predicted molar refractivity (Wildman–Crippen MR) is 70.5 cm³/mol. The molecule has 1 amide bonds. The van der Waals surface area contributed by atoms with Crippen LogP contribution in [0, 0.1) is 12.3 Å². The van der Waals surface area contributed by atoms with E-state index in [0.717, 1.165) is 0 Å². The molecule has 0 aliphatic carbocycles. The molecular weight excluding hydrogens is 262 g/mol. The molecule has 1 N–H and O–H groups in total. The molecule has 2 heterocycles. The topological polar surface area (TPSA) is 80.0 Å². The Balaban J connectivity index is 2.17. The highest BCUT2D eigenvalue weighted by molar-refractivity contribution is 5.92. The number of nitrogens with zero attached hydrogens (tertiary/aromatic N) is 1. The third kappa shape index (κ3) is 2.70. The van der Waals surface area contributed by atoms with Gasteiger partial charge in [-0.05, 0) is 31.9 Å². The van der Waals surface area contributed by atoms with E-state index in [0.29, 0.717) is 25.1 Å². The van der Waals surface area contributed by atoms with Crippen molar-refractivity contribution in [2.24, 2.45) is 5.41 Å². The molecule has 0 bridgehead atoms. The molecule has 20 heavy (non-hydrogen) atoms. The van der Waals surface area contributed by atoms with Gasteiger partial charge in [-0.15, -0.1) is 0 Å². The zero-order chi connectivity index (χ0) is 14.8. The molecule has 0 radical (unpaired) electrons. The summed E-state index contributed by atoms with van der Waals surface area (Å²) >= 11 is 0. The lowest BCUT2D eigenvalue weighted by Crippen LogP contribution is -2.52. The number of piperidine rings is 1. The Labute approximate surface area is 117 Å². The molecular formula is C14H19NO5. The quantitative estimate of drug-likeness (QED) is 0.905. The number of aryl methyl sites for hydroxylation is 1. The molecule has 1 aliphatic rings. The fraction of sp³-hybridized carbons (Fsp3) is 0.571. The van der Waals surface area contributed by atoms with Gasteiger partial charge in [-0.2, -0.15) is 0 Å². The van der Waals surface area contributed by atoms with Crippen LogP contribution in [0.25, 0.3) is 0 Å². The van der Waals surface area contributed by atoms with Gasteiger partial charge in [-0.3, -0.25) is 9.59 Å². The summed E-state index contributed by atoms with van der Waals surface area (Å²) in [6, 6.07) is 3.34. The molecule has 1 aromatic rings. The third-order valence-corrected chi connectivity index (χ3v) is 3.69. The monoisotopic (exact) mass is 281 g/mol. The smallest absolute Gasteiger partial charge is 0.313 e. The largest absolute Gasteiger partial charge is 0.481 e.